The van der Waals surface area contributed by atoms with Gasteiger partial charge in [0, 0.05) is 12.4 Å². The Balaban J connectivity index is 2.39. The number of ketones is 1. The summed E-state index contributed by atoms with van der Waals surface area (Å²) >= 11 is 1.09. The normalized spacial score (nSPS) is 10.1. The van der Waals surface area contributed by atoms with Gasteiger partial charge >= 0.3 is 0 Å². The summed E-state index contributed by atoms with van der Waals surface area (Å²) in [5.74, 6) is -0.127. The van der Waals surface area contributed by atoms with E-state index in [0.29, 0.717) is 16.1 Å². The van der Waals surface area contributed by atoms with E-state index in [1.165, 1.54) is 18.7 Å². The van der Waals surface area contributed by atoms with E-state index in [9.17, 15) is 4.79 Å². The molecule has 0 bridgehead atoms. The maximum Gasteiger partial charge on any atom is 0.209 e. The molecule has 0 saturated carbocycles. The molecule has 0 aliphatic heterocycles. The summed E-state index contributed by atoms with van der Waals surface area (Å²) < 4.78 is 3.70. The second-order valence-corrected chi connectivity index (χ2v) is 3.40. The molecule has 70 valence electrons. The number of nitrogens with zero attached hydrogens (tertiary/aromatic N) is 4. The van der Waals surface area contributed by atoms with Crippen LogP contribution in [0.15, 0.2) is 18.7 Å². The minimum atomic E-state index is -0.127. The average molecular weight is 206 g/mol. The van der Waals surface area contributed by atoms with Gasteiger partial charge in [-0.25, -0.2) is 9.97 Å². The van der Waals surface area contributed by atoms with Crippen molar-refractivity contribution < 1.29 is 4.79 Å². The fourth-order valence-corrected chi connectivity index (χ4v) is 1.61. The molecule has 0 radical (unpaired) electrons. The van der Waals surface area contributed by atoms with Crippen LogP contribution >= 0.6 is 11.5 Å². The Kier molecular flexibility index (Phi) is 2.28. The van der Waals surface area contributed by atoms with Crippen molar-refractivity contribution in [2.45, 2.75) is 6.92 Å². The highest BCUT2D eigenvalue weighted by Gasteiger charge is 2.15. The standard InChI is InChI=1S/C8H6N4OS/c1-5-8(14-12-11-5)7(13)6-2-9-4-10-3-6/h2-4H,1H3. The van der Waals surface area contributed by atoms with Crippen LogP contribution in [0.1, 0.15) is 20.9 Å². The number of aryl methyl sites for hydroxylation is 1. The van der Waals surface area contributed by atoms with Crippen LogP contribution in [0.2, 0.25) is 0 Å². The largest absolute Gasteiger partial charge is 0.287 e. The second-order valence-electron chi connectivity index (χ2n) is 2.64. The summed E-state index contributed by atoms with van der Waals surface area (Å²) in [5, 5.41) is 3.77. The van der Waals surface area contributed by atoms with Gasteiger partial charge in [-0.2, -0.15) is 0 Å². The molecule has 2 aromatic rings. The highest BCUT2D eigenvalue weighted by Crippen LogP contribution is 2.13. The Morgan fingerprint density at radius 1 is 1.36 bits per heavy atom. The first-order valence-corrected chi connectivity index (χ1v) is 4.65. The Hall–Kier alpha value is -1.69. The van der Waals surface area contributed by atoms with E-state index < -0.39 is 0 Å². The lowest BCUT2D eigenvalue weighted by atomic mass is 10.2. The summed E-state index contributed by atoms with van der Waals surface area (Å²) in [6.07, 6.45) is 4.34. The molecule has 2 aromatic heterocycles. The molecule has 14 heavy (non-hydrogen) atoms. The SMILES string of the molecule is Cc1nnsc1C(=O)c1cncnc1. The summed E-state index contributed by atoms with van der Waals surface area (Å²) in [6.45, 7) is 1.75. The molecule has 0 aliphatic carbocycles. The van der Waals surface area contributed by atoms with Gasteiger partial charge in [-0.1, -0.05) is 4.49 Å². The van der Waals surface area contributed by atoms with Gasteiger partial charge in [-0.15, -0.1) is 5.10 Å². The maximum atomic E-state index is 11.8. The van der Waals surface area contributed by atoms with E-state index in [2.05, 4.69) is 19.6 Å². The Bertz CT molecular complexity index is 453. The quantitative estimate of drug-likeness (QED) is 0.682. The summed E-state index contributed by atoms with van der Waals surface area (Å²) in [7, 11) is 0. The Morgan fingerprint density at radius 3 is 2.64 bits per heavy atom. The maximum absolute atomic E-state index is 11.8. The molecular weight excluding hydrogens is 200 g/mol. The van der Waals surface area contributed by atoms with Gasteiger partial charge in [-0.3, -0.25) is 4.79 Å². The first kappa shape index (κ1) is 8.89. The van der Waals surface area contributed by atoms with Gasteiger partial charge < -0.3 is 0 Å². The molecule has 6 heteroatoms. The van der Waals surface area contributed by atoms with Crippen LogP contribution in [0.25, 0.3) is 0 Å². The van der Waals surface area contributed by atoms with Gasteiger partial charge in [0.1, 0.15) is 11.2 Å². The van der Waals surface area contributed by atoms with Crippen LogP contribution in [0.4, 0.5) is 0 Å². The van der Waals surface area contributed by atoms with Crippen LogP contribution in [-0.2, 0) is 0 Å². The molecule has 0 atom stereocenters. The predicted octanol–water partition coefficient (Wildman–Crippen LogP) is 0.868. The summed E-state index contributed by atoms with van der Waals surface area (Å²) in [5.41, 5.74) is 1.10. The number of carbonyl (C=O) groups excluding carboxylic acids is 1. The second kappa shape index (κ2) is 3.59. The lowest BCUT2D eigenvalue weighted by Crippen LogP contribution is -2.01. The first-order valence-electron chi connectivity index (χ1n) is 3.87. The van der Waals surface area contributed by atoms with Gasteiger partial charge in [-0.05, 0) is 18.5 Å². The molecule has 5 nitrogen and oxygen atoms in total. The molecule has 0 unspecified atom stereocenters. The zero-order valence-corrected chi connectivity index (χ0v) is 8.15. The highest BCUT2D eigenvalue weighted by atomic mass is 32.1. The zero-order chi connectivity index (χ0) is 9.97. The minimum Gasteiger partial charge on any atom is -0.287 e. The first-order chi connectivity index (χ1) is 6.79. The third-order valence-electron chi connectivity index (χ3n) is 1.68. The van der Waals surface area contributed by atoms with Crippen molar-refractivity contribution in [1.82, 2.24) is 19.6 Å². The van der Waals surface area contributed by atoms with E-state index in [4.69, 9.17) is 0 Å². The molecule has 2 rings (SSSR count). The molecular formula is C8H6N4OS. The number of hydrogen-bond donors (Lipinski definition) is 0. The fraction of sp³-hybridized carbons (Fsp3) is 0.125. The highest BCUT2D eigenvalue weighted by molar-refractivity contribution is 7.08. The van der Waals surface area contributed by atoms with Crippen LogP contribution < -0.4 is 0 Å². The number of aromatic nitrogens is 4. The monoisotopic (exact) mass is 206 g/mol. The minimum absolute atomic E-state index is 0.127. The van der Waals surface area contributed by atoms with Crippen molar-refractivity contribution in [3.8, 4) is 0 Å². The van der Waals surface area contributed by atoms with Crippen molar-refractivity contribution in [3.05, 3.63) is 34.9 Å². The zero-order valence-electron chi connectivity index (χ0n) is 7.34. The molecule has 0 aliphatic rings. The van der Waals surface area contributed by atoms with Crippen molar-refractivity contribution in [2.24, 2.45) is 0 Å². The van der Waals surface area contributed by atoms with Gasteiger partial charge in [0.05, 0.1) is 11.3 Å². The van der Waals surface area contributed by atoms with Crippen molar-refractivity contribution >= 4 is 17.3 Å². The van der Waals surface area contributed by atoms with Gasteiger partial charge in [0.15, 0.2) is 0 Å². The van der Waals surface area contributed by atoms with Crippen LogP contribution in [0.3, 0.4) is 0 Å². The van der Waals surface area contributed by atoms with Crippen LogP contribution in [0, 0.1) is 6.92 Å². The van der Waals surface area contributed by atoms with Crippen molar-refractivity contribution in [2.75, 3.05) is 0 Å². The van der Waals surface area contributed by atoms with E-state index >= 15 is 0 Å². The van der Waals surface area contributed by atoms with E-state index in [1.54, 1.807) is 6.92 Å². The Morgan fingerprint density at radius 2 is 2.07 bits per heavy atom. The number of rotatable bonds is 2. The third-order valence-corrected chi connectivity index (χ3v) is 2.51. The smallest absolute Gasteiger partial charge is 0.209 e. The van der Waals surface area contributed by atoms with Crippen molar-refractivity contribution in [3.63, 3.8) is 0 Å². The number of hydrogen-bond acceptors (Lipinski definition) is 6. The van der Waals surface area contributed by atoms with Crippen LogP contribution in [-0.4, -0.2) is 25.3 Å². The summed E-state index contributed by atoms with van der Waals surface area (Å²) in [4.78, 5) is 19.9. The predicted molar refractivity (Wildman–Crippen MR) is 50.1 cm³/mol. The molecule has 0 fully saturated rings. The topological polar surface area (TPSA) is 68.6 Å². The van der Waals surface area contributed by atoms with Gasteiger partial charge in [0.25, 0.3) is 0 Å². The fourth-order valence-electron chi connectivity index (χ4n) is 0.987. The average Bonchev–Trinajstić information content (AvgIpc) is 2.65. The molecule has 0 saturated heterocycles. The van der Waals surface area contributed by atoms with Gasteiger partial charge in [0.2, 0.25) is 5.78 Å². The van der Waals surface area contributed by atoms with Crippen LogP contribution in [0.5, 0.6) is 0 Å². The molecule has 0 N–H and O–H groups in total. The third kappa shape index (κ3) is 1.51. The van der Waals surface area contributed by atoms with E-state index in [-0.39, 0.29) is 5.78 Å². The molecule has 2 heterocycles. The van der Waals surface area contributed by atoms with Crippen molar-refractivity contribution in [1.29, 1.82) is 0 Å². The van der Waals surface area contributed by atoms with E-state index in [0.717, 1.165) is 11.5 Å². The lowest BCUT2D eigenvalue weighted by Gasteiger charge is -1.95. The molecule has 0 aromatic carbocycles. The molecule has 0 spiro atoms. The molecule has 0 amide bonds. The lowest BCUT2D eigenvalue weighted by molar-refractivity contribution is 0.104. The number of carbonyl (C=O) groups is 1. The summed E-state index contributed by atoms with van der Waals surface area (Å²) in [6, 6.07) is 0. The Labute approximate surface area is 84.0 Å². The van der Waals surface area contributed by atoms with E-state index in [1.807, 2.05) is 0 Å².